The van der Waals surface area contributed by atoms with Gasteiger partial charge in [0.25, 0.3) is 0 Å². The third-order valence-corrected chi connectivity index (χ3v) is 4.23. The van der Waals surface area contributed by atoms with Crippen LogP contribution in [-0.4, -0.2) is 4.57 Å². The minimum atomic E-state index is -0.575. The fraction of sp³-hybridized carbons (Fsp3) is 0.111. The maximum Gasteiger partial charge on any atom is 0.125 e. The molecule has 0 saturated carbocycles. The summed E-state index contributed by atoms with van der Waals surface area (Å²) < 4.78 is 1.83. The van der Waals surface area contributed by atoms with Crippen LogP contribution < -0.4 is 0 Å². The highest BCUT2D eigenvalue weighted by Crippen LogP contribution is 2.37. The van der Waals surface area contributed by atoms with Crippen LogP contribution in [0.4, 0.5) is 0 Å². The first kappa shape index (κ1) is 14.2. The Kier molecular flexibility index (Phi) is 3.59. The van der Waals surface area contributed by atoms with Crippen LogP contribution in [0.25, 0.3) is 10.9 Å². The largest absolute Gasteiger partial charge is 0.335 e. The van der Waals surface area contributed by atoms with E-state index in [0.717, 1.165) is 22.0 Å². The van der Waals surface area contributed by atoms with Crippen molar-refractivity contribution in [2.75, 3.05) is 0 Å². The van der Waals surface area contributed by atoms with Crippen LogP contribution in [-0.2, 0) is 7.05 Å². The lowest BCUT2D eigenvalue weighted by Crippen LogP contribution is -2.02. The minimum Gasteiger partial charge on any atom is -0.335 e. The van der Waals surface area contributed by atoms with Crippen molar-refractivity contribution >= 4 is 22.5 Å². The maximum atomic E-state index is 9.72. The lowest BCUT2D eigenvalue weighted by atomic mass is 9.90. The van der Waals surface area contributed by atoms with Gasteiger partial charge in [-0.05, 0) is 17.7 Å². The molecule has 1 unspecified atom stereocenters. The second-order valence-electron chi connectivity index (χ2n) is 5.03. The number of para-hydroxylation sites is 1. The Morgan fingerprint density at radius 3 is 2.41 bits per heavy atom. The molecule has 0 spiro atoms. The van der Waals surface area contributed by atoms with Crippen molar-refractivity contribution < 1.29 is 0 Å². The van der Waals surface area contributed by atoms with Gasteiger partial charge < -0.3 is 4.57 Å². The molecular weight excluding hydrogens is 294 g/mol. The molecule has 2 aromatic carbocycles. The number of hydrogen-bond acceptors (Lipinski definition) is 2. The SMILES string of the molecule is Cn1c(C#N)c(C(C#N)c2ccccc2Cl)c2ccccc21. The zero-order valence-corrected chi connectivity index (χ0v) is 12.7. The number of aryl methyl sites for hydroxylation is 1. The minimum absolute atomic E-state index is 0.493. The predicted molar refractivity (Wildman–Crippen MR) is 86.5 cm³/mol. The smallest absolute Gasteiger partial charge is 0.125 e. The highest BCUT2D eigenvalue weighted by atomic mass is 35.5. The monoisotopic (exact) mass is 305 g/mol. The third-order valence-electron chi connectivity index (χ3n) is 3.89. The fourth-order valence-corrected chi connectivity index (χ4v) is 3.09. The first-order chi connectivity index (χ1) is 10.7. The Labute approximate surface area is 133 Å². The molecule has 22 heavy (non-hydrogen) atoms. The van der Waals surface area contributed by atoms with E-state index in [-0.39, 0.29) is 0 Å². The van der Waals surface area contributed by atoms with Crippen LogP contribution in [0, 0.1) is 22.7 Å². The molecule has 0 bridgehead atoms. The van der Waals surface area contributed by atoms with Crippen molar-refractivity contribution in [2.24, 2.45) is 7.05 Å². The van der Waals surface area contributed by atoms with Gasteiger partial charge in [-0.15, -0.1) is 0 Å². The molecule has 4 heteroatoms. The van der Waals surface area contributed by atoms with Gasteiger partial charge in [0.15, 0.2) is 0 Å². The second-order valence-corrected chi connectivity index (χ2v) is 5.44. The number of benzene rings is 2. The maximum absolute atomic E-state index is 9.72. The topological polar surface area (TPSA) is 52.5 Å². The Hall–Kier alpha value is -2.75. The lowest BCUT2D eigenvalue weighted by molar-refractivity contribution is 0.920. The molecule has 0 fully saturated rings. The summed E-state index contributed by atoms with van der Waals surface area (Å²) in [6.45, 7) is 0. The van der Waals surface area contributed by atoms with E-state index in [4.69, 9.17) is 11.6 Å². The standard InChI is InChI=1S/C18H12ClN3/c1-22-16-9-5-3-7-13(16)18(17(22)11-21)14(10-20)12-6-2-4-8-15(12)19/h2-9,14H,1H3. The quantitative estimate of drug-likeness (QED) is 0.706. The van der Waals surface area contributed by atoms with E-state index >= 15 is 0 Å². The second kappa shape index (κ2) is 5.56. The van der Waals surface area contributed by atoms with E-state index in [1.807, 2.05) is 54.1 Å². The summed E-state index contributed by atoms with van der Waals surface area (Å²) in [6.07, 6.45) is 0. The van der Waals surface area contributed by atoms with E-state index in [1.54, 1.807) is 6.07 Å². The first-order valence-corrected chi connectivity index (χ1v) is 7.18. The Bertz CT molecular complexity index is 941. The number of fused-ring (bicyclic) bond motifs is 1. The summed E-state index contributed by atoms with van der Waals surface area (Å²) >= 11 is 6.26. The van der Waals surface area contributed by atoms with Gasteiger partial charge in [0.1, 0.15) is 17.7 Å². The molecule has 3 nitrogen and oxygen atoms in total. The summed E-state index contributed by atoms with van der Waals surface area (Å²) in [5.41, 5.74) is 2.87. The normalized spacial score (nSPS) is 11.8. The van der Waals surface area contributed by atoms with Gasteiger partial charge in [-0.3, -0.25) is 0 Å². The molecule has 106 valence electrons. The number of halogens is 1. The zero-order valence-electron chi connectivity index (χ0n) is 11.9. The van der Waals surface area contributed by atoms with Crippen LogP contribution >= 0.6 is 11.6 Å². The van der Waals surface area contributed by atoms with Gasteiger partial charge in [-0.2, -0.15) is 10.5 Å². The highest BCUT2D eigenvalue weighted by molar-refractivity contribution is 6.31. The van der Waals surface area contributed by atoms with Crippen molar-refractivity contribution in [3.05, 3.63) is 70.4 Å². The zero-order chi connectivity index (χ0) is 15.7. The number of nitrogens with zero attached hydrogens (tertiary/aromatic N) is 3. The number of nitriles is 2. The van der Waals surface area contributed by atoms with Gasteiger partial charge in [0.2, 0.25) is 0 Å². The molecule has 0 saturated heterocycles. The van der Waals surface area contributed by atoms with Crippen molar-refractivity contribution in [1.82, 2.24) is 4.57 Å². The molecule has 0 aliphatic heterocycles. The molecule has 0 aliphatic carbocycles. The number of aromatic nitrogens is 1. The number of hydrogen-bond donors (Lipinski definition) is 0. The molecule has 0 N–H and O–H groups in total. The molecule has 0 amide bonds. The van der Waals surface area contributed by atoms with Crippen LogP contribution in [0.15, 0.2) is 48.5 Å². The third kappa shape index (κ3) is 2.04. The summed E-state index contributed by atoms with van der Waals surface area (Å²) in [5.74, 6) is -0.575. The van der Waals surface area contributed by atoms with Crippen LogP contribution in [0.1, 0.15) is 22.7 Å². The highest BCUT2D eigenvalue weighted by Gasteiger charge is 2.25. The summed E-state index contributed by atoms with van der Waals surface area (Å²) in [7, 11) is 1.84. The molecular formula is C18H12ClN3. The summed E-state index contributed by atoms with van der Waals surface area (Å²) in [5, 5.41) is 20.7. The van der Waals surface area contributed by atoms with Gasteiger partial charge in [-0.25, -0.2) is 0 Å². The average Bonchev–Trinajstić information content (AvgIpc) is 2.83. The van der Waals surface area contributed by atoms with E-state index < -0.39 is 5.92 Å². The van der Waals surface area contributed by atoms with Crippen LogP contribution in [0.5, 0.6) is 0 Å². The van der Waals surface area contributed by atoms with Crippen molar-refractivity contribution in [1.29, 1.82) is 10.5 Å². The van der Waals surface area contributed by atoms with Crippen molar-refractivity contribution in [2.45, 2.75) is 5.92 Å². The summed E-state index contributed by atoms with van der Waals surface area (Å²) in [6, 6.07) is 19.5. The van der Waals surface area contributed by atoms with Crippen molar-refractivity contribution in [3.63, 3.8) is 0 Å². The average molecular weight is 306 g/mol. The van der Waals surface area contributed by atoms with Gasteiger partial charge in [0, 0.05) is 28.5 Å². The molecule has 1 aromatic heterocycles. The number of rotatable bonds is 2. The van der Waals surface area contributed by atoms with E-state index in [1.165, 1.54) is 0 Å². The van der Waals surface area contributed by atoms with Crippen molar-refractivity contribution in [3.8, 4) is 12.1 Å². The van der Waals surface area contributed by atoms with Crippen LogP contribution in [0.3, 0.4) is 0 Å². The van der Waals surface area contributed by atoms with Gasteiger partial charge in [0.05, 0.1) is 6.07 Å². The van der Waals surface area contributed by atoms with Gasteiger partial charge in [-0.1, -0.05) is 48.0 Å². The van der Waals surface area contributed by atoms with Crippen LogP contribution in [0.2, 0.25) is 5.02 Å². The van der Waals surface area contributed by atoms with E-state index in [9.17, 15) is 10.5 Å². The van der Waals surface area contributed by atoms with E-state index in [0.29, 0.717) is 10.7 Å². The summed E-state index contributed by atoms with van der Waals surface area (Å²) in [4.78, 5) is 0. The molecule has 1 atom stereocenters. The molecule has 1 heterocycles. The molecule has 0 radical (unpaired) electrons. The Morgan fingerprint density at radius 1 is 1.05 bits per heavy atom. The molecule has 0 aliphatic rings. The Balaban J connectivity index is 2.36. The predicted octanol–water partition coefficient (Wildman–Crippen LogP) is 4.36. The van der Waals surface area contributed by atoms with Gasteiger partial charge >= 0.3 is 0 Å². The molecule has 3 aromatic rings. The van der Waals surface area contributed by atoms with E-state index in [2.05, 4.69) is 12.1 Å². The lowest BCUT2D eigenvalue weighted by Gasteiger charge is -2.11. The first-order valence-electron chi connectivity index (χ1n) is 6.80. The fourth-order valence-electron chi connectivity index (χ4n) is 2.85. The Morgan fingerprint density at radius 2 is 1.73 bits per heavy atom. The molecule has 3 rings (SSSR count).